The summed E-state index contributed by atoms with van der Waals surface area (Å²) in [7, 11) is -4.35. The quantitative estimate of drug-likeness (QED) is 0.0711. The van der Waals surface area contributed by atoms with E-state index in [1.54, 1.807) is 0 Å². The molecule has 0 aromatic heterocycles. The van der Waals surface area contributed by atoms with Gasteiger partial charge in [0.05, 0.1) is 26.2 Å². The molecule has 0 aliphatic carbocycles. The van der Waals surface area contributed by atoms with Crippen molar-refractivity contribution in [3.05, 3.63) is 36.5 Å². The van der Waals surface area contributed by atoms with Crippen molar-refractivity contribution in [1.29, 1.82) is 0 Å². The van der Waals surface area contributed by atoms with Crippen LogP contribution in [-0.4, -0.2) is 56.3 Å². The van der Waals surface area contributed by atoms with Gasteiger partial charge in [0.1, 0.15) is 13.2 Å². The molecule has 8 heteroatoms. The number of carbonyl (C=O) groups is 1. The summed E-state index contributed by atoms with van der Waals surface area (Å²) in [5, 5.41) is 2.71. The van der Waals surface area contributed by atoms with Crippen LogP contribution in [0, 0.1) is 0 Å². The minimum Gasteiger partial charge on any atom is -0.756 e. The van der Waals surface area contributed by atoms with E-state index < -0.39 is 7.82 Å². The number of hydrogen-bond acceptors (Lipinski definition) is 5. The Morgan fingerprint density at radius 3 is 2.00 bits per heavy atom. The number of phosphoric acid groups is 1. The summed E-state index contributed by atoms with van der Waals surface area (Å²) in [4.78, 5) is 23.8. The van der Waals surface area contributed by atoms with Crippen molar-refractivity contribution in [2.45, 2.75) is 91.9 Å². The van der Waals surface area contributed by atoms with Crippen molar-refractivity contribution in [1.82, 2.24) is 5.32 Å². The molecule has 210 valence electrons. The first-order chi connectivity index (χ1) is 17.3. The molecular formula is C28H53N2O5P. The van der Waals surface area contributed by atoms with Crippen LogP contribution in [-0.2, 0) is 18.4 Å². The normalized spacial score (nSPS) is 14.2. The fraction of sp³-hybridized carbons (Fsp3) is 0.750. The Kier molecular flexibility index (Phi) is 22.1. The number of carbonyl (C=O) groups excluding carboxylic acids is 1. The van der Waals surface area contributed by atoms with E-state index in [1.165, 1.54) is 12.8 Å². The highest BCUT2D eigenvalue weighted by Crippen LogP contribution is 2.37. The summed E-state index contributed by atoms with van der Waals surface area (Å²) in [5.74, 6) is -0.0719. The van der Waals surface area contributed by atoms with Crippen molar-refractivity contribution in [2.75, 3.05) is 45.9 Å². The van der Waals surface area contributed by atoms with E-state index in [2.05, 4.69) is 69.5 Å². The van der Waals surface area contributed by atoms with E-state index in [4.69, 9.17) is 9.05 Å². The first-order valence-corrected chi connectivity index (χ1v) is 15.5. The van der Waals surface area contributed by atoms with Crippen LogP contribution in [0.2, 0.25) is 0 Å². The SMILES string of the molecule is CCC=CCC=CCC=CCCCCCCCC(=O)NCCOP(=O)([O-])OCC[N+](CC)(CC)CC. The molecule has 1 N–H and O–H groups in total. The summed E-state index contributed by atoms with van der Waals surface area (Å²) in [6.07, 6.45) is 23.3. The van der Waals surface area contributed by atoms with E-state index in [0.717, 1.165) is 69.1 Å². The van der Waals surface area contributed by atoms with Gasteiger partial charge in [0.2, 0.25) is 5.91 Å². The molecule has 0 aromatic rings. The Bertz CT molecular complexity index is 667. The Morgan fingerprint density at radius 1 is 0.806 bits per heavy atom. The van der Waals surface area contributed by atoms with Gasteiger partial charge in [-0.2, -0.15) is 0 Å². The summed E-state index contributed by atoms with van der Waals surface area (Å²) >= 11 is 0. The lowest BCUT2D eigenvalue weighted by Crippen LogP contribution is -2.49. The van der Waals surface area contributed by atoms with Crippen LogP contribution in [0.15, 0.2) is 36.5 Å². The third kappa shape index (κ3) is 19.9. The van der Waals surface area contributed by atoms with E-state index in [9.17, 15) is 14.3 Å². The van der Waals surface area contributed by atoms with E-state index in [0.29, 0.717) is 13.0 Å². The second kappa shape index (κ2) is 22.9. The van der Waals surface area contributed by atoms with E-state index in [-0.39, 0.29) is 25.7 Å². The van der Waals surface area contributed by atoms with Crippen molar-refractivity contribution >= 4 is 13.7 Å². The number of nitrogens with zero attached hydrogens (tertiary/aromatic N) is 1. The molecule has 0 aromatic carbocycles. The number of unbranched alkanes of at least 4 members (excludes halogenated alkanes) is 5. The van der Waals surface area contributed by atoms with Crippen LogP contribution in [0.3, 0.4) is 0 Å². The summed E-state index contributed by atoms with van der Waals surface area (Å²) in [5.41, 5.74) is 0. The van der Waals surface area contributed by atoms with E-state index >= 15 is 0 Å². The van der Waals surface area contributed by atoms with Gasteiger partial charge in [-0.3, -0.25) is 9.36 Å². The summed E-state index contributed by atoms with van der Waals surface area (Å²) < 4.78 is 22.6. The average molecular weight is 529 g/mol. The Balaban J connectivity index is 3.68. The largest absolute Gasteiger partial charge is 0.756 e. The highest BCUT2D eigenvalue weighted by molar-refractivity contribution is 7.45. The zero-order valence-corrected chi connectivity index (χ0v) is 24.3. The number of nitrogens with one attached hydrogen (secondary N) is 1. The third-order valence-corrected chi connectivity index (χ3v) is 7.55. The van der Waals surface area contributed by atoms with Crippen LogP contribution in [0.1, 0.15) is 91.9 Å². The molecule has 1 unspecified atom stereocenters. The standard InChI is InChI=1S/C28H53N2O5P/c1-5-9-10-11-12-13-14-15-16-17-18-19-20-21-22-23-28(31)29-24-26-34-36(32,33)35-27-25-30(6-2,7-3)8-4/h9-10,12-13,15-16H,5-8,11,14,17-27H2,1-4H3,(H-,29,31,32,33). The Hall–Kier alpha value is -1.24. The number of amides is 1. The lowest BCUT2D eigenvalue weighted by Gasteiger charge is -2.36. The van der Waals surface area contributed by atoms with Gasteiger partial charge in [0.25, 0.3) is 7.82 Å². The minimum atomic E-state index is -4.35. The second-order valence-corrected chi connectivity index (χ2v) is 10.5. The van der Waals surface area contributed by atoms with Gasteiger partial charge in [-0.1, -0.05) is 62.6 Å². The molecular weight excluding hydrogens is 475 g/mol. The van der Waals surface area contributed by atoms with Gasteiger partial charge < -0.3 is 23.7 Å². The molecule has 36 heavy (non-hydrogen) atoms. The van der Waals surface area contributed by atoms with Crippen LogP contribution in [0.5, 0.6) is 0 Å². The fourth-order valence-corrected chi connectivity index (χ4v) is 4.56. The van der Waals surface area contributed by atoms with Crippen molar-refractivity contribution in [3.8, 4) is 0 Å². The topological polar surface area (TPSA) is 87.7 Å². The smallest absolute Gasteiger partial charge is 0.268 e. The third-order valence-electron chi connectivity index (χ3n) is 6.56. The summed E-state index contributed by atoms with van der Waals surface area (Å²) in [6.45, 7) is 12.0. The summed E-state index contributed by atoms with van der Waals surface area (Å²) in [6, 6.07) is 0. The van der Waals surface area contributed by atoms with Crippen LogP contribution in [0.4, 0.5) is 0 Å². The number of phosphoric ester groups is 1. The number of likely N-dealkylation sites (N-methyl/N-ethyl adjacent to an activating group) is 1. The zero-order valence-electron chi connectivity index (χ0n) is 23.4. The van der Waals surface area contributed by atoms with Gasteiger partial charge in [0, 0.05) is 13.0 Å². The lowest BCUT2D eigenvalue weighted by molar-refractivity contribution is -0.923. The lowest BCUT2D eigenvalue weighted by atomic mass is 10.1. The van der Waals surface area contributed by atoms with Crippen LogP contribution < -0.4 is 10.2 Å². The molecule has 0 saturated carbocycles. The predicted octanol–water partition coefficient (Wildman–Crippen LogP) is 6.07. The first-order valence-electron chi connectivity index (χ1n) is 14.0. The number of quaternary nitrogens is 1. The average Bonchev–Trinajstić information content (AvgIpc) is 2.87. The highest BCUT2D eigenvalue weighted by Gasteiger charge is 2.21. The van der Waals surface area contributed by atoms with Crippen molar-refractivity contribution in [3.63, 3.8) is 0 Å². The van der Waals surface area contributed by atoms with Crippen molar-refractivity contribution < 1.29 is 27.8 Å². The maximum absolute atomic E-state index is 11.9. The van der Waals surface area contributed by atoms with Crippen LogP contribution >= 0.6 is 7.82 Å². The number of allylic oxidation sites excluding steroid dienone is 6. The number of hydrogen-bond donors (Lipinski definition) is 1. The Labute approximate surface area is 221 Å². The molecule has 0 heterocycles. The van der Waals surface area contributed by atoms with Gasteiger partial charge in [0.15, 0.2) is 0 Å². The molecule has 0 bridgehead atoms. The molecule has 7 nitrogen and oxygen atoms in total. The molecule has 0 fully saturated rings. The van der Waals surface area contributed by atoms with Gasteiger partial charge in [-0.25, -0.2) is 0 Å². The van der Waals surface area contributed by atoms with Crippen molar-refractivity contribution in [2.24, 2.45) is 0 Å². The zero-order chi connectivity index (χ0) is 27.0. The highest BCUT2D eigenvalue weighted by atomic mass is 31.2. The minimum absolute atomic E-state index is 0.0719. The number of rotatable bonds is 24. The maximum atomic E-state index is 11.9. The first kappa shape index (κ1) is 34.8. The molecule has 0 aliphatic rings. The molecule has 0 spiro atoms. The van der Waals surface area contributed by atoms with Crippen LogP contribution in [0.25, 0.3) is 0 Å². The van der Waals surface area contributed by atoms with Gasteiger partial charge >= 0.3 is 0 Å². The molecule has 0 aliphatic heterocycles. The molecule has 1 amide bonds. The van der Waals surface area contributed by atoms with Gasteiger partial charge in [-0.05, 0) is 59.3 Å². The fourth-order valence-electron chi connectivity index (χ4n) is 3.87. The second-order valence-electron chi connectivity index (χ2n) is 9.08. The molecule has 1 atom stereocenters. The van der Waals surface area contributed by atoms with Gasteiger partial charge in [-0.15, -0.1) is 0 Å². The monoisotopic (exact) mass is 528 g/mol. The molecule has 0 saturated heterocycles. The molecule has 0 rings (SSSR count). The van der Waals surface area contributed by atoms with E-state index in [1.807, 2.05) is 0 Å². The predicted molar refractivity (Wildman–Crippen MR) is 149 cm³/mol. The molecule has 0 radical (unpaired) electrons. The maximum Gasteiger partial charge on any atom is 0.268 e. The Morgan fingerprint density at radius 2 is 1.36 bits per heavy atom.